The smallest absolute Gasteiger partial charge is 0.118 e. The molecule has 90 heavy (non-hydrogen) atoms. The molecule has 5 nitrogen and oxygen atoms in total. The summed E-state index contributed by atoms with van der Waals surface area (Å²) in [5.74, 6) is 4.55. The van der Waals surface area contributed by atoms with Crippen LogP contribution < -0.4 is 9.47 Å². The Morgan fingerprint density at radius 2 is 0.656 bits per heavy atom. The zero-order valence-electron chi connectivity index (χ0n) is 55.1. The van der Waals surface area contributed by atoms with Crippen LogP contribution in [0.15, 0.2) is 192 Å². The summed E-state index contributed by atoms with van der Waals surface area (Å²) >= 11 is 11.5. The van der Waals surface area contributed by atoms with Crippen LogP contribution in [0, 0.1) is 17.8 Å². The van der Waals surface area contributed by atoms with Crippen molar-refractivity contribution in [1.29, 1.82) is 0 Å². The number of likely N-dealkylation sites (tertiary alicyclic amines) is 3. The minimum Gasteiger partial charge on any atom is -0.497 e. The van der Waals surface area contributed by atoms with Crippen molar-refractivity contribution in [3.8, 4) is 11.5 Å². The SMILES string of the molecule is C.CC(=C1CCN([C@@H]2CCC[C@@H](C)C2)CC1)c1ccc(Sc2cccc(Cl)c2)cc1.COc1ccc(Sc2ccc(C(C)=C3CCN([C@@H]4CCC[C@@H](C)C4)CC3)cc2)cc1.COc1ccc(Sc2ccc(C(C)=C3CCN([C@H]4CCC[C@@H](C)C4)CC3)cc2)cc1. The molecule has 0 spiro atoms. The molecule has 482 valence electrons. The molecule has 12 rings (SSSR count). The van der Waals surface area contributed by atoms with Gasteiger partial charge in [0.1, 0.15) is 11.5 Å². The molecule has 0 amide bonds. The quantitative estimate of drug-likeness (QED) is 0.107. The van der Waals surface area contributed by atoms with Gasteiger partial charge in [-0.05, 0) is 252 Å². The summed E-state index contributed by atoms with van der Waals surface area (Å²) in [6, 6.07) is 54.4. The molecule has 3 aliphatic carbocycles. The first-order chi connectivity index (χ1) is 43.3. The highest BCUT2D eigenvalue weighted by atomic mass is 35.5. The van der Waals surface area contributed by atoms with Crippen molar-refractivity contribution >= 4 is 63.6 Å². The molecule has 6 aromatic rings. The standard InChI is InChI=1S/2C27H35NOS.C26H32ClNS.CH4/c2*1-20-5-4-6-24(19-20)28-17-15-23(16-18-28)21(2)22-7-11-26(12-8-22)30-27-13-9-25(29-3)10-14-27;1-19-5-3-7-24(17-19)28-15-13-22(14-16-28)20(2)21-9-11-25(12-10-21)29-26-8-4-6-23(27)18-26;/h2*7-14,20,24H,4-6,15-19H2,1-3H3;4,6,8-12,18-19,24H,3,5,7,13-17H2,1-2H3;1H4/t20-,24+;20-,24-;19-,24-;/m111./s1. The van der Waals surface area contributed by atoms with Crippen LogP contribution in [0.1, 0.15) is 181 Å². The largest absolute Gasteiger partial charge is 0.497 e. The second kappa shape index (κ2) is 35.0. The van der Waals surface area contributed by atoms with E-state index >= 15 is 0 Å². The average Bonchev–Trinajstić information content (AvgIpc) is 2.31. The molecular weight excluding hydrogens is 1180 g/mol. The van der Waals surface area contributed by atoms with Crippen LogP contribution in [0.3, 0.4) is 0 Å². The fourth-order valence-corrected chi connectivity index (χ4v) is 17.7. The van der Waals surface area contributed by atoms with E-state index in [4.69, 9.17) is 21.1 Å². The predicted molar refractivity (Wildman–Crippen MR) is 390 cm³/mol. The van der Waals surface area contributed by atoms with Gasteiger partial charge in [-0.1, -0.05) is 173 Å². The number of rotatable bonds is 14. The maximum Gasteiger partial charge on any atom is 0.118 e. The summed E-state index contributed by atoms with van der Waals surface area (Å²) in [5, 5.41) is 0.793. The Balaban J connectivity index is 0.000000159. The predicted octanol–water partition coefficient (Wildman–Crippen LogP) is 23.2. The van der Waals surface area contributed by atoms with Crippen LogP contribution in [-0.4, -0.2) is 86.3 Å². The zero-order chi connectivity index (χ0) is 62.1. The summed E-state index contributed by atoms with van der Waals surface area (Å²) in [7, 11) is 3.41. The number of methoxy groups -OCH3 is 2. The third kappa shape index (κ3) is 20.2. The Kier molecular flexibility index (Phi) is 27.1. The molecule has 3 heterocycles. The Labute approximate surface area is 562 Å². The Bertz CT molecular complexity index is 3090. The van der Waals surface area contributed by atoms with Crippen LogP contribution in [-0.2, 0) is 0 Å². The van der Waals surface area contributed by atoms with Crippen molar-refractivity contribution in [2.45, 2.75) is 212 Å². The normalized spacial score (nSPS) is 22.6. The van der Waals surface area contributed by atoms with E-state index in [1.807, 2.05) is 42.5 Å². The van der Waals surface area contributed by atoms with Crippen molar-refractivity contribution < 1.29 is 9.47 Å². The minimum absolute atomic E-state index is 0. The summed E-state index contributed by atoms with van der Waals surface area (Å²) in [6.07, 6.45) is 24.4. The Morgan fingerprint density at radius 3 is 0.922 bits per heavy atom. The van der Waals surface area contributed by atoms with E-state index in [1.165, 1.54) is 218 Å². The third-order valence-electron chi connectivity index (χ3n) is 20.6. The van der Waals surface area contributed by atoms with Gasteiger partial charge in [-0.25, -0.2) is 0 Å². The Hall–Kier alpha value is -4.64. The topological polar surface area (TPSA) is 28.2 Å². The highest BCUT2D eigenvalue weighted by Crippen LogP contribution is 2.39. The molecule has 3 aliphatic heterocycles. The van der Waals surface area contributed by atoms with E-state index in [1.54, 1.807) is 66.2 Å². The molecule has 6 aliphatic rings. The van der Waals surface area contributed by atoms with E-state index in [2.05, 4.69) is 159 Å². The van der Waals surface area contributed by atoms with E-state index in [0.29, 0.717) is 0 Å². The van der Waals surface area contributed by atoms with Gasteiger partial charge in [-0.3, -0.25) is 14.7 Å². The van der Waals surface area contributed by atoms with Crippen molar-refractivity contribution in [1.82, 2.24) is 14.7 Å². The number of benzene rings is 6. The van der Waals surface area contributed by atoms with Gasteiger partial charge >= 0.3 is 0 Å². The van der Waals surface area contributed by atoms with Crippen LogP contribution >= 0.6 is 46.9 Å². The van der Waals surface area contributed by atoms with Gasteiger partial charge in [0.15, 0.2) is 0 Å². The number of nitrogens with zero attached hydrogens (tertiary/aromatic N) is 3. The molecule has 3 saturated heterocycles. The lowest BCUT2D eigenvalue weighted by atomic mass is 9.85. The first-order valence-corrected chi connectivity index (χ1v) is 36.8. The number of allylic oxidation sites excluding steroid dienone is 3. The lowest BCUT2D eigenvalue weighted by molar-refractivity contribution is 0.126. The highest BCUT2D eigenvalue weighted by molar-refractivity contribution is 7.99. The summed E-state index contributed by atoms with van der Waals surface area (Å²) in [4.78, 5) is 15.8. The molecule has 0 radical (unpaired) electrons. The minimum atomic E-state index is 0. The molecule has 0 aromatic heterocycles. The molecule has 0 N–H and O–H groups in total. The van der Waals surface area contributed by atoms with Gasteiger partial charge in [0.2, 0.25) is 0 Å². The second-order valence-electron chi connectivity index (χ2n) is 26.8. The van der Waals surface area contributed by atoms with Gasteiger partial charge in [0, 0.05) is 91.8 Å². The van der Waals surface area contributed by atoms with Crippen LogP contribution in [0.4, 0.5) is 0 Å². The molecule has 9 heteroatoms. The van der Waals surface area contributed by atoms with Gasteiger partial charge in [0.05, 0.1) is 14.2 Å². The molecule has 6 fully saturated rings. The lowest BCUT2D eigenvalue weighted by Crippen LogP contribution is -2.42. The van der Waals surface area contributed by atoms with Gasteiger partial charge in [-0.15, -0.1) is 0 Å². The number of ether oxygens (including phenoxy) is 2. The van der Waals surface area contributed by atoms with E-state index in [-0.39, 0.29) is 7.43 Å². The first kappa shape index (κ1) is 69.7. The van der Waals surface area contributed by atoms with Gasteiger partial charge in [-0.2, -0.15) is 0 Å². The number of hydrogen-bond donors (Lipinski definition) is 0. The summed E-state index contributed by atoms with van der Waals surface area (Å²) in [5.41, 5.74) is 13.6. The molecule has 0 bridgehead atoms. The van der Waals surface area contributed by atoms with Crippen molar-refractivity contribution in [3.63, 3.8) is 0 Å². The summed E-state index contributed by atoms with van der Waals surface area (Å²) < 4.78 is 10.5. The maximum atomic E-state index is 6.11. The third-order valence-corrected chi connectivity index (χ3v) is 23.8. The molecule has 6 atom stereocenters. The number of piperidine rings is 3. The average molecular weight is 1290 g/mol. The van der Waals surface area contributed by atoms with Crippen LogP contribution in [0.5, 0.6) is 11.5 Å². The first-order valence-electron chi connectivity index (χ1n) is 34.0. The van der Waals surface area contributed by atoms with Crippen molar-refractivity contribution in [2.75, 3.05) is 53.5 Å². The van der Waals surface area contributed by atoms with Crippen molar-refractivity contribution in [2.24, 2.45) is 17.8 Å². The molecule has 0 unspecified atom stereocenters. The zero-order valence-corrected chi connectivity index (χ0v) is 58.3. The second-order valence-corrected chi connectivity index (χ2v) is 30.6. The Morgan fingerprint density at radius 1 is 0.378 bits per heavy atom. The lowest BCUT2D eigenvalue weighted by Gasteiger charge is -2.39. The fourth-order valence-electron chi connectivity index (χ4n) is 15.0. The van der Waals surface area contributed by atoms with Crippen LogP contribution in [0.25, 0.3) is 16.7 Å². The molecule has 6 aromatic carbocycles. The summed E-state index contributed by atoms with van der Waals surface area (Å²) in [6.45, 7) is 21.7. The van der Waals surface area contributed by atoms with Gasteiger partial charge < -0.3 is 9.47 Å². The van der Waals surface area contributed by atoms with Crippen LogP contribution in [0.2, 0.25) is 5.02 Å². The monoisotopic (exact) mass is 1280 g/mol. The van der Waals surface area contributed by atoms with E-state index in [0.717, 1.165) is 52.4 Å². The molecular formula is C81H106ClN3O2S3. The maximum absolute atomic E-state index is 6.11. The fraction of sp³-hybridized carbons (Fsp3) is 0.481. The number of hydrogen-bond acceptors (Lipinski definition) is 8. The molecule has 3 saturated carbocycles. The van der Waals surface area contributed by atoms with E-state index in [9.17, 15) is 0 Å². The van der Waals surface area contributed by atoms with Gasteiger partial charge in [0.25, 0.3) is 0 Å². The highest BCUT2D eigenvalue weighted by Gasteiger charge is 2.30. The van der Waals surface area contributed by atoms with E-state index < -0.39 is 0 Å². The number of halogens is 1. The van der Waals surface area contributed by atoms with Crippen molar-refractivity contribution in [3.05, 3.63) is 184 Å².